The second-order valence-corrected chi connectivity index (χ2v) is 31.8. The zero-order valence-corrected chi connectivity index (χ0v) is 60.9. The van der Waals surface area contributed by atoms with E-state index in [1.54, 1.807) is 22.7 Å². The average Bonchev–Trinajstić information content (AvgIpc) is 1.55. The van der Waals surface area contributed by atoms with Gasteiger partial charge in [-0.15, -0.1) is 45.3 Å². The monoisotopic (exact) mass is 1450 g/mol. The predicted molar refractivity (Wildman–Crippen MR) is 463 cm³/mol. The average molecular weight is 1460 g/mol. The van der Waals surface area contributed by atoms with Crippen molar-refractivity contribution in [3.8, 4) is 50.7 Å². The molecule has 16 aromatic carbocycles. The number of fused-ring (bicyclic) bond motifs is 28. The summed E-state index contributed by atoms with van der Waals surface area (Å²) in [4.78, 5) is 23.9. The summed E-state index contributed by atoms with van der Waals surface area (Å²) in [5.41, 5.74) is 15.5. The molecule has 0 aliphatic rings. The molecule has 24 aromatic rings. The molecule has 6 nitrogen and oxygen atoms in total. The van der Waals surface area contributed by atoms with Crippen LogP contribution in [0, 0.1) is 0 Å². The van der Waals surface area contributed by atoms with Gasteiger partial charge in [0, 0.05) is 109 Å². The molecular formula is C96H55ClN6S4. The molecule has 8 heterocycles. The van der Waals surface area contributed by atoms with Crippen molar-refractivity contribution in [2.75, 3.05) is 0 Å². The van der Waals surface area contributed by atoms with E-state index in [1.807, 2.05) is 40.9 Å². The summed E-state index contributed by atoms with van der Waals surface area (Å²) >= 11 is 13.6. The summed E-state index contributed by atoms with van der Waals surface area (Å²) in [5.74, 6) is 0.687. The van der Waals surface area contributed by atoms with Crippen LogP contribution in [0.3, 0.4) is 0 Å². The predicted octanol–water partition coefficient (Wildman–Crippen LogP) is 28.8. The molecule has 11 heteroatoms. The summed E-state index contributed by atoms with van der Waals surface area (Å²) in [6.07, 6.45) is 0. The van der Waals surface area contributed by atoms with Crippen LogP contribution >= 0.6 is 56.9 Å². The molecule has 8 aromatic heterocycles. The minimum absolute atomic E-state index is 0.278. The molecule has 0 amide bonds. The van der Waals surface area contributed by atoms with Gasteiger partial charge < -0.3 is 4.98 Å². The minimum atomic E-state index is 0.278. The standard InChI is InChI=1S/C48H27N3S2.C26H15ClN2S.C22H13NS/c1-2-12-28(13-3-1)29-22-23-31-27-32(25-24-30(31)26-29)43-47-44(37-18-8-11-21-40(37)53-47)50-48(49-43)51-38-19-9-6-16-35(38)42-45(51)34-15-5-4-14-33(34)41-36-17-7-10-20-39(36)52-46(41)42;27-26-28-23(25-24(29-26)21-8-4-5-9-22(21)30-25)20-13-12-18-14-17(10-11-19(18)15-20)16-6-2-1-3-7-16;1-2-8-14-13(7-1)19-16-10-4-6-12-18(16)24-22(19)20-15-9-3-5-11-17(15)23-21(14)20/h1-27H;1-15H;1-12,23H. The van der Waals surface area contributed by atoms with E-state index in [-0.39, 0.29) is 5.28 Å². The van der Waals surface area contributed by atoms with Crippen molar-refractivity contribution in [2.45, 2.75) is 0 Å². The van der Waals surface area contributed by atoms with Crippen molar-refractivity contribution in [3.05, 3.63) is 333 Å². The van der Waals surface area contributed by atoms with Crippen LogP contribution < -0.4 is 0 Å². The topological polar surface area (TPSA) is 72.3 Å². The number of hydrogen-bond acceptors (Lipinski definition) is 8. The Kier molecular flexibility index (Phi) is 14.4. The lowest BCUT2D eigenvalue weighted by Crippen LogP contribution is -2.03. The van der Waals surface area contributed by atoms with Gasteiger partial charge >= 0.3 is 0 Å². The van der Waals surface area contributed by atoms with Crippen LogP contribution in [0.2, 0.25) is 5.28 Å². The van der Waals surface area contributed by atoms with Crippen LogP contribution in [0.5, 0.6) is 0 Å². The number of para-hydroxylation sites is 2. The smallest absolute Gasteiger partial charge is 0.235 e. The Morgan fingerprint density at radius 1 is 0.271 bits per heavy atom. The molecule has 24 rings (SSSR count). The highest BCUT2D eigenvalue weighted by atomic mass is 35.5. The van der Waals surface area contributed by atoms with E-state index in [0.29, 0.717) is 5.95 Å². The van der Waals surface area contributed by atoms with E-state index in [2.05, 4.69) is 329 Å². The number of aromatic amines is 1. The molecule has 1 N–H and O–H groups in total. The highest BCUT2D eigenvalue weighted by Gasteiger charge is 2.26. The molecule has 0 unspecified atom stereocenters. The highest BCUT2D eigenvalue weighted by molar-refractivity contribution is 7.28. The summed E-state index contributed by atoms with van der Waals surface area (Å²) in [6, 6.07) is 117. The lowest BCUT2D eigenvalue weighted by atomic mass is 9.99. The highest BCUT2D eigenvalue weighted by Crippen LogP contribution is 2.51. The molecule has 107 heavy (non-hydrogen) atoms. The van der Waals surface area contributed by atoms with E-state index in [9.17, 15) is 0 Å². The van der Waals surface area contributed by atoms with E-state index >= 15 is 0 Å². The maximum Gasteiger partial charge on any atom is 0.235 e. The van der Waals surface area contributed by atoms with E-state index in [1.165, 1.54) is 148 Å². The molecule has 0 saturated carbocycles. The summed E-state index contributed by atoms with van der Waals surface area (Å²) < 4.78 is 12.3. The fourth-order valence-corrected chi connectivity index (χ4v) is 21.4. The van der Waals surface area contributed by atoms with Gasteiger partial charge in [0.25, 0.3) is 0 Å². The van der Waals surface area contributed by atoms with Gasteiger partial charge in [-0.2, -0.15) is 0 Å². The zero-order chi connectivity index (χ0) is 70.4. The number of nitrogens with zero attached hydrogens (tertiary/aromatic N) is 5. The number of nitrogens with one attached hydrogen (secondary N) is 1. The molecule has 0 spiro atoms. The Morgan fingerprint density at radius 2 is 0.664 bits per heavy atom. The second-order valence-electron chi connectivity index (χ2n) is 27.2. The molecule has 0 bridgehead atoms. The van der Waals surface area contributed by atoms with E-state index in [0.717, 1.165) is 64.8 Å². The van der Waals surface area contributed by atoms with E-state index in [4.69, 9.17) is 21.6 Å². The quantitative estimate of drug-likeness (QED) is 0.174. The fraction of sp³-hybridized carbons (Fsp3) is 0. The van der Waals surface area contributed by atoms with Gasteiger partial charge in [-0.1, -0.05) is 267 Å². The van der Waals surface area contributed by atoms with Gasteiger partial charge in [0.2, 0.25) is 11.2 Å². The van der Waals surface area contributed by atoms with Crippen LogP contribution in [0.1, 0.15) is 0 Å². The first-order chi connectivity index (χ1) is 53.0. The van der Waals surface area contributed by atoms with E-state index < -0.39 is 0 Å². The lowest BCUT2D eigenvalue weighted by molar-refractivity contribution is 1.02. The summed E-state index contributed by atoms with van der Waals surface area (Å²) in [5, 5.41) is 23.0. The minimum Gasteiger partial charge on any atom is -0.354 e. The Hall–Kier alpha value is -12.5. The third-order valence-corrected chi connectivity index (χ3v) is 26.1. The summed E-state index contributed by atoms with van der Waals surface area (Å²) in [7, 11) is 0. The third kappa shape index (κ3) is 10.0. The van der Waals surface area contributed by atoms with Crippen LogP contribution in [-0.4, -0.2) is 29.5 Å². The lowest BCUT2D eigenvalue weighted by Gasteiger charge is -2.12. The largest absolute Gasteiger partial charge is 0.354 e. The number of hydrogen-bond donors (Lipinski definition) is 1. The molecule has 0 atom stereocenters. The molecular weight excluding hydrogens is 1400 g/mol. The molecule has 0 aliphatic carbocycles. The SMILES string of the molecule is Clc1nc(-c2ccc3cc(-c4ccccc4)ccc3c2)c2sc3ccccc3c2n1.c1ccc(-c2ccc3cc(-c4nc(-n5c6ccccc6c6c7sc8ccccc8c7c7ccccc7c65)nc5c4sc4ccccc45)ccc3c2)cc1.c1ccc2c(c1)[nH]c1c3ccccc3c3c4ccccc4sc3c21. The maximum atomic E-state index is 6.32. The van der Waals surface area contributed by atoms with Crippen molar-refractivity contribution < 1.29 is 0 Å². The Morgan fingerprint density at radius 3 is 1.22 bits per heavy atom. The maximum absolute atomic E-state index is 6.32. The first kappa shape index (κ1) is 61.9. The first-order valence-electron chi connectivity index (χ1n) is 35.7. The zero-order valence-electron chi connectivity index (χ0n) is 56.9. The van der Waals surface area contributed by atoms with Crippen molar-refractivity contribution >= 4 is 225 Å². The Bertz CT molecular complexity index is 7800. The number of aromatic nitrogens is 6. The normalized spacial score (nSPS) is 12.0. The van der Waals surface area contributed by atoms with Crippen LogP contribution in [0.15, 0.2) is 328 Å². The number of benzene rings is 16. The van der Waals surface area contributed by atoms with Crippen LogP contribution in [0.4, 0.5) is 0 Å². The first-order valence-corrected chi connectivity index (χ1v) is 39.3. The van der Waals surface area contributed by atoms with Gasteiger partial charge in [0.1, 0.15) is 0 Å². The van der Waals surface area contributed by atoms with Gasteiger partial charge in [-0.3, -0.25) is 4.57 Å². The van der Waals surface area contributed by atoms with Gasteiger partial charge in [0.05, 0.1) is 48.4 Å². The van der Waals surface area contributed by atoms with Crippen LogP contribution in [0.25, 0.3) is 218 Å². The van der Waals surface area contributed by atoms with Crippen LogP contribution in [-0.2, 0) is 0 Å². The van der Waals surface area contributed by atoms with Gasteiger partial charge in [0.15, 0.2) is 0 Å². The van der Waals surface area contributed by atoms with Crippen molar-refractivity contribution in [2.24, 2.45) is 0 Å². The van der Waals surface area contributed by atoms with Gasteiger partial charge in [-0.25, -0.2) is 19.9 Å². The van der Waals surface area contributed by atoms with Crippen molar-refractivity contribution in [1.82, 2.24) is 29.5 Å². The number of halogens is 1. The number of H-pyrrole nitrogens is 1. The molecule has 0 radical (unpaired) electrons. The molecule has 0 fully saturated rings. The summed E-state index contributed by atoms with van der Waals surface area (Å²) in [6.45, 7) is 0. The van der Waals surface area contributed by atoms with Gasteiger partial charge in [-0.05, 0) is 127 Å². The fourth-order valence-electron chi connectivity index (χ4n) is 16.4. The Balaban J connectivity index is 0.000000111. The van der Waals surface area contributed by atoms with Crippen molar-refractivity contribution in [1.29, 1.82) is 0 Å². The molecule has 0 saturated heterocycles. The second kappa shape index (κ2) is 24.8. The molecule has 500 valence electrons. The molecule has 0 aliphatic heterocycles. The van der Waals surface area contributed by atoms with Crippen molar-refractivity contribution in [3.63, 3.8) is 0 Å². The number of rotatable bonds is 5. The Labute approximate surface area is 632 Å². The third-order valence-electron chi connectivity index (χ3n) is 21.2. The number of thiophene rings is 4.